The number of carbonyl (C=O) groups excluding carboxylic acids is 1. The lowest BCUT2D eigenvalue weighted by molar-refractivity contribution is -0.137. The van der Waals surface area contributed by atoms with Crippen LogP contribution in [0.2, 0.25) is 0 Å². The zero-order valence-corrected chi connectivity index (χ0v) is 19.4. The maximum Gasteiger partial charge on any atom is 0.421 e. The SMILES string of the molecule is CC(C)S(=O)(=O)c1ccccc1Nc1nc(N[C@H]2CCCN(C(=O)CO)C2)ncc1C(F)(F)F. The number of amides is 1. The third kappa shape index (κ3) is 5.76. The molecule has 1 atom stereocenters. The van der Waals surface area contributed by atoms with Crippen LogP contribution in [0.3, 0.4) is 0 Å². The van der Waals surface area contributed by atoms with Crippen molar-refractivity contribution in [1.29, 1.82) is 0 Å². The number of hydrogen-bond donors (Lipinski definition) is 3. The van der Waals surface area contributed by atoms with E-state index in [-0.39, 0.29) is 29.1 Å². The van der Waals surface area contributed by atoms with Crippen LogP contribution in [0.4, 0.5) is 30.6 Å². The molecule has 0 bridgehead atoms. The van der Waals surface area contributed by atoms with Gasteiger partial charge in [-0.3, -0.25) is 4.79 Å². The van der Waals surface area contributed by atoms with Gasteiger partial charge in [-0.15, -0.1) is 0 Å². The molecular weight excluding hydrogens is 475 g/mol. The fourth-order valence-corrected chi connectivity index (χ4v) is 4.76. The summed E-state index contributed by atoms with van der Waals surface area (Å²) in [6.45, 7) is 3.04. The van der Waals surface area contributed by atoms with E-state index in [1.54, 1.807) is 0 Å². The number of halogens is 3. The fourth-order valence-electron chi connectivity index (χ4n) is 3.56. The van der Waals surface area contributed by atoms with Crippen LogP contribution in [0.15, 0.2) is 35.4 Å². The Morgan fingerprint density at radius 3 is 2.65 bits per heavy atom. The molecule has 186 valence electrons. The van der Waals surface area contributed by atoms with E-state index in [1.807, 2.05) is 0 Å². The minimum atomic E-state index is -4.79. The lowest BCUT2D eigenvalue weighted by atomic mass is 10.1. The van der Waals surface area contributed by atoms with E-state index in [4.69, 9.17) is 5.11 Å². The van der Waals surface area contributed by atoms with Crippen molar-refractivity contribution in [3.63, 3.8) is 0 Å². The minimum Gasteiger partial charge on any atom is -0.387 e. The summed E-state index contributed by atoms with van der Waals surface area (Å²) < 4.78 is 66.4. The molecular formula is C21H26F3N5O4S. The van der Waals surface area contributed by atoms with Gasteiger partial charge in [0.1, 0.15) is 18.0 Å². The molecule has 1 aliphatic heterocycles. The standard InChI is InChI=1S/C21H26F3N5O4S/c1-13(2)34(32,33)17-8-4-3-7-16(17)27-19-15(21(22,23)24)10-25-20(28-19)26-14-6-5-9-29(11-14)18(31)12-30/h3-4,7-8,10,13-14,30H,5-6,9,11-12H2,1-2H3,(H2,25,26,27,28)/t14-/m0/s1. The second kappa shape index (κ2) is 10.1. The Morgan fingerprint density at radius 1 is 1.29 bits per heavy atom. The summed E-state index contributed by atoms with van der Waals surface area (Å²) in [5.74, 6) is -1.15. The quantitative estimate of drug-likeness (QED) is 0.529. The van der Waals surface area contributed by atoms with Gasteiger partial charge >= 0.3 is 6.18 Å². The molecule has 1 amide bonds. The molecule has 0 spiro atoms. The number of alkyl halides is 3. The number of rotatable bonds is 7. The number of aliphatic hydroxyl groups excluding tert-OH is 1. The molecule has 1 aliphatic rings. The topological polar surface area (TPSA) is 125 Å². The van der Waals surface area contributed by atoms with E-state index in [1.165, 1.54) is 43.0 Å². The molecule has 34 heavy (non-hydrogen) atoms. The predicted octanol–water partition coefficient (Wildman–Crippen LogP) is 2.82. The number of anilines is 3. The number of nitrogens with one attached hydrogen (secondary N) is 2. The number of nitrogens with zero attached hydrogens (tertiary/aromatic N) is 3. The highest BCUT2D eigenvalue weighted by molar-refractivity contribution is 7.92. The highest BCUT2D eigenvalue weighted by atomic mass is 32.2. The van der Waals surface area contributed by atoms with Crippen molar-refractivity contribution in [3.05, 3.63) is 36.0 Å². The summed E-state index contributed by atoms with van der Waals surface area (Å²) in [4.78, 5) is 20.8. The van der Waals surface area contributed by atoms with Crippen LogP contribution in [-0.4, -0.2) is 65.3 Å². The van der Waals surface area contributed by atoms with Crippen LogP contribution in [0.1, 0.15) is 32.3 Å². The van der Waals surface area contributed by atoms with Gasteiger partial charge in [0.15, 0.2) is 9.84 Å². The number of aromatic nitrogens is 2. The smallest absolute Gasteiger partial charge is 0.387 e. The first-order valence-corrected chi connectivity index (χ1v) is 12.2. The van der Waals surface area contributed by atoms with E-state index in [0.29, 0.717) is 25.6 Å². The second-order valence-corrected chi connectivity index (χ2v) is 10.6. The summed E-state index contributed by atoms with van der Waals surface area (Å²) in [6.07, 6.45) is -2.91. The van der Waals surface area contributed by atoms with Crippen LogP contribution >= 0.6 is 0 Å². The molecule has 0 aliphatic carbocycles. The lowest BCUT2D eigenvalue weighted by Crippen LogP contribution is -2.46. The van der Waals surface area contributed by atoms with Crippen LogP contribution in [0, 0.1) is 0 Å². The number of para-hydroxylation sites is 1. The van der Waals surface area contributed by atoms with E-state index < -0.39 is 45.2 Å². The van der Waals surface area contributed by atoms with Gasteiger partial charge < -0.3 is 20.6 Å². The molecule has 0 saturated carbocycles. The third-order valence-corrected chi connectivity index (χ3v) is 7.61. The summed E-state index contributed by atoms with van der Waals surface area (Å²) >= 11 is 0. The normalized spacial score (nSPS) is 17.0. The zero-order chi connectivity index (χ0) is 25.1. The largest absolute Gasteiger partial charge is 0.421 e. The molecule has 0 radical (unpaired) electrons. The number of carbonyl (C=O) groups is 1. The molecule has 0 unspecified atom stereocenters. The molecule has 3 N–H and O–H groups in total. The van der Waals surface area contributed by atoms with Gasteiger partial charge in [-0.1, -0.05) is 12.1 Å². The fraction of sp³-hybridized carbons (Fsp3) is 0.476. The first-order valence-electron chi connectivity index (χ1n) is 10.6. The molecule has 9 nitrogen and oxygen atoms in total. The number of piperidine rings is 1. The Labute approximate surface area is 195 Å². The summed E-state index contributed by atoms with van der Waals surface area (Å²) in [6, 6.07) is 5.34. The van der Waals surface area contributed by atoms with Gasteiger partial charge in [-0.05, 0) is 38.8 Å². The Hall–Kier alpha value is -2.93. The molecule has 1 aromatic carbocycles. The predicted molar refractivity (Wildman–Crippen MR) is 119 cm³/mol. The molecule has 3 rings (SSSR count). The third-order valence-electron chi connectivity index (χ3n) is 5.40. The molecule has 2 aromatic rings. The van der Waals surface area contributed by atoms with Gasteiger partial charge in [-0.2, -0.15) is 18.2 Å². The maximum atomic E-state index is 13.7. The molecule has 2 heterocycles. The average Bonchev–Trinajstić information content (AvgIpc) is 2.78. The van der Waals surface area contributed by atoms with Crippen molar-refractivity contribution in [1.82, 2.24) is 14.9 Å². The van der Waals surface area contributed by atoms with Crippen molar-refractivity contribution >= 4 is 33.2 Å². The van der Waals surface area contributed by atoms with Crippen molar-refractivity contribution in [2.24, 2.45) is 0 Å². The van der Waals surface area contributed by atoms with Crippen LogP contribution in [-0.2, 0) is 20.8 Å². The maximum absolute atomic E-state index is 13.7. The van der Waals surface area contributed by atoms with Crippen molar-refractivity contribution in [2.75, 3.05) is 30.3 Å². The monoisotopic (exact) mass is 501 g/mol. The molecule has 13 heteroatoms. The average molecular weight is 502 g/mol. The van der Waals surface area contributed by atoms with E-state index >= 15 is 0 Å². The van der Waals surface area contributed by atoms with E-state index in [2.05, 4.69) is 20.6 Å². The van der Waals surface area contributed by atoms with Crippen molar-refractivity contribution in [3.8, 4) is 0 Å². The Balaban J connectivity index is 1.94. The number of likely N-dealkylation sites (tertiary alicyclic amines) is 1. The van der Waals surface area contributed by atoms with Gasteiger partial charge in [0.05, 0.1) is 15.8 Å². The summed E-state index contributed by atoms with van der Waals surface area (Å²) in [5, 5.41) is 13.8. The summed E-state index contributed by atoms with van der Waals surface area (Å²) in [7, 11) is -3.79. The van der Waals surface area contributed by atoms with Gasteiger partial charge in [0.25, 0.3) is 0 Å². The number of hydrogen-bond acceptors (Lipinski definition) is 8. The first-order chi connectivity index (χ1) is 15.9. The summed E-state index contributed by atoms with van der Waals surface area (Å²) in [5.41, 5.74) is -1.20. The van der Waals surface area contributed by atoms with Gasteiger partial charge in [-0.25, -0.2) is 13.4 Å². The second-order valence-electron chi connectivity index (χ2n) is 8.15. The Morgan fingerprint density at radius 2 is 2.00 bits per heavy atom. The number of sulfone groups is 1. The zero-order valence-electron chi connectivity index (χ0n) is 18.6. The molecule has 1 aromatic heterocycles. The number of benzene rings is 1. The highest BCUT2D eigenvalue weighted by Gasteiger charge is 2.36. The van der Waals surface area contributed by atoms with Crippen molar-refractivity contribution in [2.45, 2.75) is 49.1 Å². The lowest BCUT2D eigenvalue weighted by Gasteiger charge is -2.32. The van der Waals surface area contributed by atoms with E-state index in [9.17, 15) is 26.4 Å². The highest BCUT2D eigenvalue weighted by Crippen LogP contribution is 2.36. The first kappa shape index (κ1) is 25.7. The minimum absolute atomic E-state index is 0.0382. The van der Waals surface area contributed by atoms with Crippen LogP contribution < -0.4 is 10.6 Å². The van der Waals surface area contributed by atoms with Crippen molar-refractivity contribution < 1.29 is 31.5 Å². The Bertz CT molecular complexity index is 1140. The molecule has 1 saturated heterocycles. The van der Waals surface area contributed by atoms with Gasteiger partial charge in [0, 0.05) is 25.3 Å². The van der Waals surface area contributed by atoms with E-state index in [0.717, 1.165) is 0 Å². The van der Waals surface area contributed by atoms with Gasteiger partial charge in [0.2, 0.25) is 11.9 Å². The number of aliphatic hydroxyl groups is 1. The van der Waals surface area contributed by atoms with Crippen LogP contribution in [0.5, 0.6) is 0 Å². The van der Waals surface area contributed by atoms with Crippen LogP contribution in [0.25, 0.3) is 0 Å². The molecule has 1 fully saturated rings. The Kier molecular flexibility index (Phi) is 7.66.